The van der Waals surface area contributed by atoms with Gasteiger partial charge in [-0.25, -0.2) is 9.37 Å². The van der Waals surface area contributed by atoms with Crippen molar-refractivity contribution in [3.05, 3.63) is 77.1 Å². The van der Waals surface area contributed by atoms with E-state index in [1.54, 1.807) is 46.3 Å². The minimum absolute atomic E-state index is 0.0857. The van der Waals surface area contributed by atoms with E-state index in [0.29, 0.717) is 41.2 Å². The van der Waals surface area contributed by atoms with E-state index >= 15 is 4.39 Å². The molecule has 1 saturated heterocycles. The molecular weight excluding hydrogens is 445 g/mol. The van der Waals surface area contributed by atoms with E-state index in [2.05, 4.69) is 11.1 Å². The van der Waals surface area contributed by atoms with Crippen LogP contribution in [-0.2, 0) is 21.5 Å². The van der Waals surface area contributed by atoms with Crippen molar-refractivity contribution in [3.8, 4) is 6.07 Å². The van der Waals surface area contributed by atoms with Crippen molar-refractivity contribution in [1.29, 1.82) is 5.26 Å². The van der Waals surface area contributed by atoms with Gasteiger partial charge in [-0.15, -0.1) is 0 Å². The number of halogens is 1. The van der Waals surface area contributed by atoms with Crippen molar-refractivity contribution in [2.24, 2.45) is 5.92 Å². The molecule has 5 rings (SSSR count). The molecule has 2 aliphatic heterocycles. The fourth-order valence-electron chi connectivity index (χ4n) is 5.20. The Morgan fingerprint density at radius 2 is 2.09 bits per heavy atom. The number of aryl methyl sites for hydroxylation is 1. The van der Waals surface area contributed by atoms with Crippen LogP contribution in [-0.4, -0.2) is 34.5 Å². The molecule has 0 bridgehead atoms. The summed E-state index contributed by atoms with van der Waals surface area (Å²) in [4.78, 5) is 33.8. The Morgan fingerprint density at radius 3 is 2.80 bits per heavy atom. The van der Waals surface area contributed by atoms with E-state index in [4.69, 9.17) is 0 Å². The van der Waals surface area contributed by atoms with E-state index in [1.807, 2.05) is 37.6 Å². The zero-order valence-electron chi connectivity index (χ0n) is 20.0. The fourth-order valence-corrected chi connectivity index (χ4v) is 5.20. The third kappa shape index (κ3) is 3.87. The number of aromatic nitrogens is 2. The summed E-state index contributed by atoms with van der Waals surface area (Å²) in [6.45, 7) is 6.70. The summed E-state index contributed by atoms with van der Waals surface area (Å²) in [6, 6.07) is 12.4. The summed E-state index contributed by atoms with van der Waals surface area (Å²) in [7, 11) is 0. The molecular formula is C27H26FN5O2. The van der Waals surface area contributed by atoms with Crippen LogP contribution in [0, 0.1) is 30.0 Å². The molecule has 7 nitrogen and oxygen atoms in total. The average Bonchev–Trinajstić information content (AvgIpc) is 3.50. The number of carbonyl (C=O) groups is 2. The third-order valence-corrected chi connectivity index (χ3v) is 7.01. The number of hydrogen-bond acceptors (Lipinski definition) is 4. The molecule has 3 aromatic rings. The predicted octanol–water partition coefficient (Wildman–Crippen LogP) is 3.93. The summed E-state index contributed by atoms with van der Waals surface area (Å²) in [5, 5.41) is 9.17. The standard InChI is InChI=1S/C27H26FN5O2/c1-17-30-9-10-31(17)14-19-7-8-22-24(25(19)28)27(2,3)16-33(22)26(35)20-12-23(34)32(15-20)21-6-4-5-18(11-21)13-29/h4-11,20H,12,14-16H2,1-3H3/t20-/m0/s1. The van der Waals surface area contributed by atoms with Gasteiger partial charge in [0.1, 0.15) is 11.6 Å². The van der Waals surface area contributed by atoms with Crippen LogP contribution in [0.3, 0.4) is 0 Å². The Bertz CT molecular complexity index is 1390. The molecule has 2 aliphatic rings. The number of fused-ring (bicyclic) bond motifs is 1. The fraction of sp³-hybridized carbons (Fsp3) is 0.333. The lowest BCUT2D eigenvalue weighted by Gasteiger charge is -2.23. The number of carbonyl (C=O) groups excluding carboxylic acids is 2. The molecule has 35 heavy (non-hydrogen) atoms. The highest BCUT2D eigenvalue weighted by atomic mass is 19.1. The van der Waals surface area contributed by atoms with Crippen molar-refractivity contribution in [3.63, 3.8) is 0 Å². The number of nitriles is 1. The van der Waals surface area contributed by atoms with Crippen molar-refractivity contribution in [2.45, 2.75) is 39.2 Å². The van der Waals surface area contributed by atoms with E-state index in [-0.39, 0.29) is 30.6 Å². The van der Waals surface area contributed by atoms with Crippen LogP contribution >= 0.6 is 0 Å². The van der Waals surface area contributed by atoms with Crippen molar-refractivity contribution < 1.29 is 14.0 Å². The Morgan fingerprint density at radius 1 is 1.29 bits per heavy atom. The highest BCUT2D eigenvalue weighted by molar-refractivity contribution is 6.05. The second-order valence-corrected chi connectivity index (χ2v) is 9.91. The lowest BCUT2D eigenvalue weighted by molar-refractivity contribution is -0.124. The first kappa shape index (κ1) is 22.8. The molecule has 1 aromatic heterocycles. The monoisotopic (exact) mass is 471 g/mol. The van der Waals surface area contributed by atoms with E-state index < -0.39 is 11.3 Å². The molecule has 0 saturated carbocycles. The van der Waals surface area contributed by atoms with Gasteiger partial charge >= 0.3 is 0 Å². The van der Waals surface area contributed by atoms with E-state index in [1.165, 1.54) is 0 Å². The van der Waals surface area contributed by atoms with Crippen LogP contribution in [0.5, 0.6) is 0 Å². The molecule has 2 aromatic carbocycles. The molecule has 0 spiro atoms. The largest absolute Gasteiger partial charge is 0.331 e. The van der Waals surface area contributed by atoms with Crippen LogP contribution < -0.4 is 9.80 Å². The maximum atomic E-state index is 15.8. The van der Waals surface area contributed by atoms with Crippen LogP contribution in [0.1, 0.15) is 42.8 Å². The smallest absolute Gasteiger partial charge is 0.232 e. The van der Waals surface area contributed by atoms with Gasteiger partial charge in [-0.1, -0.05) is 26.0 Å². The summed E-state index contributed by atoms with van der Waals surface area (Å²) in [5.41, 5.74) is 2.14. The molecule has 0 radical (unpaired) electrons. The van der Waals surface area contributed by atoms with E-state index in [0.717, 1.165) is 5.82 Å². The maximum Gasteiger partial charge on any atom is 0.232 e. The molecule has 1 fully saturated rings. The number of hydrogen-bond donors (Lipinski definition) is 0. The van der Waals surface area contributed by atoms with Crippen LogP contribution in [0.4, 0.5) is 15.8 Å². The van der Waals surface area contributed by atoms with Gasteiger partial charge in [-0.05, 0) is 31.2 Å². The first-order chi connectivity index (χ1) is 16.7. The number of benzene rings is 2. The molecule has 0 unspecified atom stereocenters. The Balaban J connectivity index is 1.41. The predicted molar refractivity (Wildman–Crippen MR) is 129 cm³/mol. The second-order valence-electron chi connectivity index (χ2n) is 9.91. The van der Waals surface area contributed by atoms with Gasteiger partial charge in [0.15, 0.2) is 0 Å². The molecule has 178 valence electrons. The summed E-state index contributed by atoms with van der Waals surface area (Å²) >= 11 is 0. The van der Waals surface area contributed by atoms with Gasteiger partial charge in [0, 0.05) is 54.1 Å². The number of imidazole rings is 1. The van der Waals surface area contributed by atoms with E-state index in [9.17, 15) is 14.9 Å². The SMILES string of the molecule is Cc1nccn1Cc1ccc2c(c1F)C(C)(C)CN2C(=O)[C@H]1CC(=O)N(c2cccc(C#N)c2)C1. The molecule has 2 amide bonds. The number of nitrogens with zero attached hydrogens (tertiary/aromatic N) is 5. The minimum atomic E-state index is -0.571. The normalized spacial score (nSPS) is 18.6. The number of rotatable bonds is 4. The Labute approximate surface area is 203 Å². The third-order valence-electron chi connectivity index (χ3n) is 7.01. The number of amides is 2. The molecule has 3 heterocycles. The van der Waals surface area contributed by atoms with Crippen molar-refractivity contribution >= 4 is 23.2 Å². The lowest BCUT2D eigenvalue weighted by Crippen LogP contribution is -2.39. The first-order valence-electron chi connectivity index (χ1n) is 11.6. The zero-order valence-corrected chi connectivity index (χ0v) is 20.0. The summed E-state index contributed by atoms with van der Waals surface area (Å²) in [5.74, 6) is -0.368. The molecule has 0 aliphatic carbocycles. The van der Waals surface area contributed by atoms with Crippen LogP contribution in [0.2, 0.25) is 0 Å². The Kier molecular flexibility index (Phi) is 5.43. The van der Waals surface area contributed by atoms with Gasteiger partial charge in [0.25, 0.3) is 0 Å². The first-order valence-corrected chi connectivity index (χ1v) is 11.6. The topological polar surface area (TPSA) is 82.2 Å². The van der Waals surface area contributed by atoms with Gasteiger partial charge < -0.3 is 14.4 Å². The van der Waals surface area contributed by atoms with Gasteiger partial charge in [-0.3, -0.25) is 9.59 Å². The van der Waals surface area contributed by atoms with Crippen LogP contribution in [0.15, 0.2) is 48.8 Å². The average molecular weight is 472 g/mol. The highest BCUT2D eigenvalue weighted by Crippen LogP contribution is 2.44. The maximum absolute atomic E-state index is 15.8. The van der Waals surface area contributed by atoms with Gasteiger partial charge in [0.2, 0.25) is 11.8 Å². The Hall–Kier alpha value is -3.99. The molecule has 8 heteroatoms. The molecule has 0 N–H and O–H groups in total. The van der Waals surface area contributed by atoms with Crippen LogP contribution in [0.25, 0.3) is 0 Å². The van der Waals surface area contributed by atoms with Crippen molar-refractivity contribution in [1.82, 2.24) is 9.55 Å². The van der Waals surface area contributed by atoms with Gasteiger partial charge in [-0.2, -0.15) is 5.26 Å². The second kappa shape index (κ2) is 8.35. The quantitative estimate of drug-likeness (QED) is 0.577. The summed E-state index contributed by atoms with van der Waals surface area (Å²) in [6.07, 6.45) is 3.59. The minimum Gasteiger partial charge on any atom is -0.331 e. The van der Waals surface area contributed by atoms with Crippen molar-refractivity contribution in [2.75, 3.05) is 22.9 Å². The lowest BCUT2D eigenvalue weighted by atomic mass is 9.85. The highest BCUT2D eigenvalue weighted by Gasteiger charge is 2.45. The van der Waals surface area contributed by atoms with Gasteiger partial charge in [0.05, 0.1) is 29.8 Å². The molecule has 1 atom stereocenters. The number of anilines is 2. The zero-order chi connectivity index (χ0) is 24.9. The summed E-state index contributed by atoms with van der Waals surface area (Å²) < 4.78 is 17.6.